The van der Waals surface area contributed by atoms with Crippen molar-refractivity contribution >= 4 is 0 Å². The van der Waals surface area contributed by atoms with E-state index in [0.717, 1.165) is 10.9 Å². The third-order valence-corrected chi connectivity index (χ3v) is 3.53. The Morgan fingerprint density at radius 2 is 1.93 bits per heavy atom. The summed E-state index contributed by atoms with van der Waals surface area (Å²) in [5, 5.41) is 7.45. The van der Waals surface area contributed by atoms with Gasteiger partial charge in [-0.3, -0.25) is 9.48 Å². The van der Waals surface area contributed by atoms with Crippen molar-refractivity contribution < 1.29 is 30.9 Å². The first-order chi connectivity index (χ1) is 12.6. The highest BCUT2D eigenvalue weighted by atomic mass is 19.4. The zero-order chi connectivity index (χ0) is 19.8. The highest BCUT2D eigenvalue weighted by Crippen LogP contribution is 2.38. The largest absolute Gasteiger partial charge is 0.453 e. The molecule has 0 bridgehead atoms. The van der Waals surface area contributed by atoms with Gasteiger partial charge in [0.1, 0.15) is 17.7 Å². The molecule has 0 aliphatic carbocycles. The van der Waals surface area contributed by atoms with Gasteiger partial charge >= 0.3 is 12.1 Å². The van der Waals surface area contributed by atoms with Crippen molar-refractivity contribution in [2.75, 3.05) is 0 Å². The van der Waals surface area contributed by atoms with Gasteiger partial charge in [-0.1, -0.05) is 5.16 Å². The van der Waals surface area contributed by atoms with E-state index in [1.165, 1.54) is 12.1 Å². The van der Waals surface area contributed by atoms with E-state index in [4.69, 9.17) is 0 Å². The molecule has 0 aliphatic heterocycles. The first-order valence-corrected chi connectivity index (χ1v) is 7.27. The minimum absolute atomic E-state index is 0.0451. The predicted molar refractivity (Wildman–Crippen MR) is 77.2 cm³/mol. The topological polar surface area (TPSA) is 89.6 Å². The number of aromatic amines is 1. The van der Waals surface area contributed by atoms with Crippen LogP contribution in [0.1, 0.15) is 6.42 Å². The fourth-order valence-corrected chi connectivity index (χ4v) is 2.15. The van der Waals surface area contributed by atoms with Gasteiger partial charge in [0.25, 0.3) is 5.56 Å². The quantitative estimate of drug-likeness (QED) is 0.673. The van der Waals surface area contributed by atoms with E-state index < -0.39 is 36.4 Å². The van der Waals surface area contributed by atoms with E-state index >= 15 is 0 Å². The van der Waals surface area contributed by atoms with Gasteiger partial charge in [0.15, 0.2) is 5.82 Å². The first-order valence-electron chi connectivity index (χ1n) is 7.27. The number of nitrogens with one attached hydrogen (secondary N) is 1. The van der Waals surface area contributed by atoms with Crippen LogP contribution >= 0.6 is 0 Å². The van der Waals surface area contributed by atoms with Crippen LogP contribution in [0.4, 0.5) is 26.3 Å². The Balaban J connectivity index is 1.98. The van der Waals surface area contributed by atoms with Crippen LogP contribution < -0.4 is 5.56 Å². The minimum atomic E-state index is -5.71. The number of rotatable bonds is 5. The Morgan fingerprint density at radius 1 is 1.19 bits per heavy atom. The minimum Gasteiger partial charge on any atom is -0.364 e. The van der Waals surface area contributed by atoms with Gasteiger partial charge in [-0.15, -0.1) is 0 Å². The SMILES string of the molecule is O=c1[nH]c(-c2cc(-c3ccon3)n(CCC(F)(F)C(F)(F)F)n2)ncc1F. The van der Waals surface area contributed by atoms with Gasteiger partial charge < -0.3 is 9.51 Å². The first kappa shape index (κ1) is 18.7. The summed E-state index contributed by atoms with van der Waals surface area (Å²) in [6, 6.07) is 2.57. The van der Waals surface area contributed by atoms with E-state index in [1.807, 2.05) is 0 Å². The fourth-order valence-electron chi connectivity index (χ4n) is 2.15. The highest BCUT2D eigenvalue weighted by molar-refractivity contribution is 5.62. The van der Waals surface area contributed by atoms with Crippen molar-refractivity contribution in [3.8, 4) is 22.9 Å². The number of aromatic nitrogens is 5. The number of nitrogens with zero attached hydrogens (tertiary/aromatic N) is 4. The molecule has 0 amide bonds. The summed E-state index contributed by atoms with van der Waals surface area (Å²) in [6.07, 6.45) is -5.49. The van der Waals surface area contributed by atoms with Crippen LogP contribution in [0.25, 0.3) is 22.9 Å². The molecule has 144 valence electrons. The van der Waals surface area contributed by atoms with Gasteiger partial charge in [0.05, 0.1) is 11.9 Å². The van der Waals surface area contributed by atoms with Gasteiger partial charge in [-0.2, -0.15) is 31.4 Å². The molecule has 0 saturated heterocycles. The maximum atomic E-state index is 13.2. The molecule has 3 aromatic heterocycles. The number of aryl methyl sites for hydroxylation is 1. The van der Waals surface area contributed by atoms with Crippen LogP contribution in [0.15, 0.2) is 33.9 Å². The molecule has 0 saturated carbocycles. The van der Waals surface area contributed by atoms with Gasteiger partial charge in [-0.25, -0.2) is 4.98 Å². The Morgan fingerprint density at radius 3 is 2.52 bits per heavy atom. The summed E-state index contributed by atoms with van der Waals surface area (Å²) in [4.78, 5) is 17.0. The van der Waals surface area contributed by atoms with Crippen LogP contribution in [-0.2, 0) is 6.54 Å². The molecule has 0 radical (unpaired) electrons. The lowest BCUT2D eigenvalue weighted by Gasteiger charge is -2.19. The molecule has 1 N–H and O–H groups in total. The molecule has 13 heteroatoms. The second kappa shape index (κ2) is 6.55. The number of H-pyrrole nitrogens is 1. The summed E-state index contributed by atoms with van der Waals surface area (Å²) in [6.45, 7) is -0.819. The Kier molecular flexibility index (Phi) is 4.53. The molecule has 0 atom stereocenters. The fraction of sp³-hybridized carbons (Fsp3) is 0.286. The second-order valence-corrected chi connectivity index (χ2v) is 5.38. The van der Waals surface area contributed by atoms with Gasteiger partial charge in [0, 0.05) is 19.0 Å². The number of hydrogen-bond donors (Lipinski definition) is 1. The van der Waals surface area contributed by atoms with Crippen LogP contribution in [0.5, 0.6) is 0 Å². The molecule has 0 fully saturated rings. The number of halogens is 6. The Bertz CT molecular complexity index is 992. The zero-order valence-corrected chi connectivity index (χ0v) is 13.1. The molecule has 3 aromatic rings. The molecule has 0 unspecified atom stereocenters. The summed E-state index contributed by atoms with van der Waals surface area (Å²) in [5.74, 6) is -6.28. The maximum Gasteiger partial charge on any atom is 0.453 e. The van der Waals surface area contributed by atoms with Gasteiger partial charge in [-0.05, 0) is 6.07 Å². The van der Waals surface area contributed by atoms with Crippen molar-refractivity contribution in [2.45, 2.75) is 25.1 Å². The van der Waals surface area contributed by atoms with Crippen molar-refractivity contribution in [3.63, 3.8) is 0 Å². The van der Waals surface area contributed by atoms with E-state index in [0.29, 0.717) is 6.20 Å². The van der Waals surface area contributed by atoms with Gasteiger partial charge in [0.2, 0.25) is 5.82 Å². The smallest absolute Gasteiger partial charge is 0.364 e. The average Bonchev–Trinajstić information content (AvgIpc) is 3.23. The molecular weight excluding hydrogens is 384 g/mol. The number of hydrogen-bond acceptors (Lipinski definition) is 5. The monoisotopic (exact) mass is 393 g/mol. The van der Waals surface area contributed by atoms with Crippen LogP contribution in [0, 0.1) is 5.82 Å². The lowest BCUT2D eigenvalue weighted by Crippen LogP contribution is -2.37. The van der Waals surface area contributed by atoms with Crippen LogP contribution in [0.3, 0.4) is 0 Å². The van der Waals surface area contributed by atoms with Crippen LogP contribution in [0.2, 0.25) is 0 Å². The second-order valence-electron chi connectivity index (χ2n) is 5.38. The third-order valence-electron chi connectivity index (χ3n) is 3.53. The lowest BCUT2D eigenvalue weighted by molar-refractivity contribution is -0.285. The summed E-state index contributed by atoms with van der Waals surface area (Å²) < 4.78 is 82.1. The third kappa shape index (κ3) is 3.71. The molecule has 27 heavy (non-hydrogen) atoms. The summed E-state index contributed by atoms with van der Waals surface area (Å²) >= 11 is 0. The average molecular weight is 393 g/mol. The van der Waals surface area contributed by atoms with E-state index in [9.17, 15) is 31.1 Å². The normalized spacial score (nSPS) is 12.5. The molecular formula is C14H9F6N5O2. The molecule has 0 aliphatic rings. The maximum absolute atomic E-state index is 13.2. The molecule has 7 nitrogen and oxygen atoms in total. The van der Waals surface area contributed by atoms with Crippen molar-refractivity contribution in [2.24, 2.45) is 0 Å². The lowest BCUT2D eigenvalue weighted by atomic mass is 10.2. The zero-order valence-electron chi connectivity index (χ0n) is 13.1. The Hall–Kier alpha value is -3.12. The Labute approximate surface area is 145 Å². The molecule has 0 aromatic carbocycles. The van der Waals surface area contributed by atoms with E-state index in [-0.39, 0.29) is 22.9 Å². The molecule has 3 heterocycles. The highest BCUT2D eigenvalue weighted by Gasteiger charge is 2.56. The summed E-state index contributed by atoms with van der Waals surface area (Å²) in [7, 11) is 0. The van der Waals surface area contributed by atoms with Crippen LogP contribution in [-0.4, -0.2) is 37.0 Å². The van der Waals surface area contributed by atoms with Crippen molar-refractivity contribution in [3.05, 3.63) is 40.8 Å². The van der Waals surface area contributed by atoms with E-state index in [2.05, 4.69) is 24.7 Å². The molecule has 3 rings (SSSR count). The number of alkyl halides is 5. The van der Waals surface area contributed by atoms with Crippen molar-refractivity contribution in [1.82, 2.24) is 24.9 Å². The standard InChI is InChI=1S/C14H9F6N5O2/c15-7-6-21-11(22-12(7)26)9-5-10(8-1-4-27-24-8)25(23-9)3-2-13(16,17)14(18,19)20/h1,4-6H,2-3H2,(H,21,22,26). The van der Waals surface area contributed by atoms with E-state index in [1.54, 1.807) is 0 Å². The molecule has 0 spiro atoms. The summed E-state index contributed by atoms with van der Waals surface area (Å²) in [5.41, 5.74) is -1.03. The van der Waals surface area contributed by atoms with Crippen molar-refractivity contribution in [1.29, 1.82) is 0 Å². The predicted octanol–water partition coefficient (Wildman–Crippen LogP) is 3.02.